The number of fused-ring (bicyclic) bond motifs is 1. The van der Waals surface area contributed by atoms with Crippen LogP contribution in [-0.2, 0) is 6.42 Å². The summed E-state index contributed by atoms with van der Waals surface area (Å²) >= 11 is 3.55. The van der Waals surface area contributed by atoms with Crippen LogP contribution in [0.1, 0.15) is 30.4 Å². The van der Waals surface area contributed by atoms with Crippen molar-refractivity contribution in [2.24, 2.45) is 0 Å². The highest BCUT2D eigenvalue weighted by Gasteiger charge is 2.16. The van der Waals surface area contributed by atoms with Gasteiger partial charge in [-0.25, -0.2) is 0 Å². The Hall–Kier alpha value is -0.340. The maximum absolute atomic E-state index is 3.55. The van der Waals surface area contributed by atoms with Crippen LogP contribution >= 0.6 is 15.9 Å². The van der Waals surface area contributed by atoms with Crippen LogP contribution < -0.4 is 5.32 Å². The summed E-state index contributed by atoms with van der Waals surface area (Å²) < 4.78 is 1.21. The first-order valence-corrected chi connectivity index (χ1v) is 6.09. The minimum atomic E-state index is 0.685. The lowest BCUT2D eigenvalue weighted by Gasteiger charge is -2.15. The molecule has 0 radical (unpaired) electrons. The molecule has 1 atom stereocenters. The second kappa shape index (κ2) is 4.45. The van der Waals surface area contributed by atoms with Crippen molar-refractivity contribution in [2.45, 2.75) is 25.7 Å². The van der Waals surface area contributed by atoms with Gasteiger partial charge in [-0.3, -0.25) is 0 Å². The van der Waals surface area contributed by atoms with E-state index in [-0.39, 0.29) is 0 Å². The van der Waals surface area contributed by atoms with Gasteiger partial charge in [0.15, 0.2) is 0 Å². The predicted octanol–water partition coefficient (Wildman–Crippen LogP) is 3.09. The smallest absolute Gasteiger partial charge is 0.0178 e. The maximum Gasteiger partial charge on any atom is 0.0178 e. The lowest BCUT2D eigenvalue weighted by Crippen LogP contribution is -2.19. The minimum Gasteiger partial charge on any atom is -0.316 e. The number of nitrogens with one attached hydrogen (secondary N) is 1. The summed E-state index contributed by atoms with van der Waals surface area (Å²) in [4.78, 5) is 0. The quantitative estimate of drug-likeness (QED) is 0.812. The van der Waals surface area contributed by atoms with Crippen molar-refractivity contribution in [2.75, 3.05) is 13.1 Å². The Labute approximate surface area is 94.0 Å². The van der Waals surface area contributed by atoms with Crippen LogP contribution in [0.5, 0.6) is 0 Å². The van der Waals surface area contributed by atoms with Crippen molar-refractivity contribution in [3.05, 3.63) is 33.8 Å². The van der Waals surface area contributed by atoms with Gasteiger partial charge < -0.3 is 5.32 Å². The molecule has 1 aliphatic heterocycles. The molecule has 0 bridgehead atoms. The van der Waals surface area contributed by atoms with Crippen molar-refractivity contribution in [3.63, 3.8) is 0 Å². The molecule has 1 N–H and O–H groups in total. The Bertz CT molecular complexity index is 322. The first kappa shape index (κ1) is 10.2. The third-order valence-electron chi connectivity index (χ3n) is 3.00. The molecular weight excluding hydrogens is 238 g/mol. The molecule has 2 rings (SSSR count). The van der Waals surface area contributed by atoms with Gasteiger partial charge in [0, 0.05) is 11.0 Å². The van der Waals surface area contributed by atoms with Crippen LogP contribution in [-0.4, -0.2) is 13.1 Å². The summed E-state index contributed by atoms with van der Waals surface area (Å²) in [5.74, 6) is 0.685. The zero-order chi connectivity index (χ0) is 9.97. The maximum atomic E-state index is 3.55. The summed E-state index contributed by atoms with van der Waals surface area (Å²) in [6.45, 7) is 4.51. The molecule has 0 saturated heterocycles. The van der Waals surface area contributed by atoms with E-state index in [1.807, 2.05) is 0 Å². The molecule has 76 valence electrons. The van der Waals surface area contributed by atoms with Crippen LogP contribution in [0.2, 0.25) is 0 Å². The molecular formula is C12H16BrN. The normalized spacial score (nSPS) is 21.4. The number of benzene rings is 1. The third kappa shape index (κ3) is 2.01. The molecule has 0 saturated carbocycles. The average molecular weight is 254 g/mol. The van der Waals surface area contributed by atoms with Gasteiger partial charge in [0.1, 0.15) is 0 Å². The fourth-order valence-electron chi connectivity index (χ4n) is 2.15. The first-order valence-electron chi connectivity index (χ1n) is 5.30. The molecule has 0 amide bonds. The van der Waals surface area contributed by atoms with E-state index < -0.39 is 0 Å². The second-order valence-electron chi connectivity index (χ2n) is 3.90. The zero-order valence-corrected chi connectivity index (χ0v) is 10.1. The molecule has 0 fully saturated rings. The Balaban J connectivity index is 2.40. The van der Waals surface area contributed by atoms with Gasteiger partial charge in [0.2, 0.25) is 0 Å². The SMILES string of the molecule is CC[C@@H]1CNCCc2ccc(Br)cc21. The highest BCUT2D eigenvalue weighted by atomic mass is 79.9. The number of hydrogen-bond acceptors (Lipinski definition) is 1. The average Bonchev–Trinajstić information content (AvgIpc) is 2.39. The molecule has 0 aliphatic carbocycles. The molecule has 1 aromatic rings. The van der Waals surface area contributed by atoms with E-state index in [1.165, 1.54) is 28.4 Å². The van der Waals surface area contributed by atoms with Gasteiger partial charge in [0.05, 0.1) is 0 Å². The van der Waals surface area contributed by atoms with Gasteiger partial charge in [-0.1, -0.05) is 28.9 Å². The van der Waals surface area contributed by atoms with Crippen LogP contribution in [0.4, 0.5) is 0 Å². The molecule has 1 heterocycles. The van der Waals surface area contributed by atoms with E-state index in [9.17, 15) is 0 Å². The lowest BCUT2D eigenvalue weighted by molar-refractivity contribution is 0.594. The summed E-state index contributed by atoms with van der Waals surface area (Å²) in [7, 11) is 0. The van der Waals surface area contributed by atoms with Crippen molar-refractivity contribution in [1.29, 1.82) is 0 Å². The first-order chi connectivity index (χ1) is 6.81. The van der Waals surface area contributed by atoms with E-state index in [0.717, 1.165) is 13.1 Å². The molecule has 1 aliphatic rings. The molecule has 14 heavy (non-hydrogen) atoms. The summed E-state index contributed by atoms with van der Waals surface area (Å²) in [5, 5.41) is 3.50. The van der Waals surface area contributed by atoms with Crippen molar-refractivity contribution < 1.29 is 0 Å². The third-order valence-corrected chi connectivity index (χ3v) is 3.50. The predicted molar refractivity (Wildman–Crippen MR) is 63.7 cm³/mol. The molecule has 2 heteroatoms. The van der Waals surface area contributed by atoms with E-state index >= 15 is 0 Å². The Kier molecular flexibility index (Phi) is 3.24. The Morgan fingerprint density at radius 3 is 3.14 bits per heavy atom. The van der Waals surface area contributed by atoms with Gasteiger partial charge in [0.25, 0.3) is 0 Å². The molecule has 0 unspecified atom stereocenters. The minimum absolute atomic E-state index is 0.685. The molecule has 0 aromatic heterocycles. The highest BCUT2D eigenvalue weighted by Crippen LogP contribution is 2.28. The van der Waals surface area contributed by atoms with Gasteiger partial charge in [-0.15, -0.1) is 0 Å². The van der Waals surface area contributed by atoms with E-state index in [2.05, 4.69) is 46.4 Å². The summed E-state index contributed by atoms with van der Waals surface area (Å²) in [5.41, 5.74) is 3.05. The number of halogens is 1. The topological polar surface area (TPSA) is 12.0 Å². The Morgan fingerprint density at radius 1 is 1.50 bits per heavy atom. The highest BCUT2D eigenvalue weighted by molar-refractivity contribution is 9.10. The standard InChI is InChI=1S/C12H16BrN/c1-2-9-8-14-6-5-10-3-4-11(13)7-12(9)10/h3-4,7,9,14H,2,5-6,8H2,1H3/t9-/m1/s1. The van der Waals surface area contributed by atoms with E-state index in [4.69, 9.17) is 0 Å². The largest absolute Gasteiger partial charge is 0.316 e. The van der Waals surface area contributed by atoms with Crippen molar-refractivity contribution in [1.82, 2.24) is 5.32 Å². The van der Waals surface area contributed by atoms with Crippen LogP contribution in [0, 0.1) is 0 Å². The monoisotopic (exact) mass is 253 g/mol. The molecule has 1 nitrogen and oxygen atoms in total. The fraction of sp³-hybridized carbons (Fsp3) is 0.500. The van der Waals surface area contributed by atoms with E-state index in [0.29, 0.717) is 5.92 Å². The van der Waals surface area contributed by atoms with Gasteiger partial charge >= 0.3 is 0 Å². The zero-order valence-electron chi connectivity index (χ0n) is 8.52. The van der Waals surface area contributed by atoms with Crippen LogP contribution in [0.15, 0.2) is 22.7 Å². The number of rotatable bonds is 1. The molecule has 0 spiro atoms. The number of hydrogen-bond donors (Lipinski definition) is 1. The fourth-order valence-corrected chi connectivity index (χ4v) is 2.53. The second-order valence-corrected chi connectivity index (χ2v) is 4.82. The van der Waals surface area contributed by atoms with E-state index in [1.54, 1.807) is 0 Å². The van der Waals surface area contributed by atoms with Crippen molar-refractivity contribution in [3.8, 4) is 0 Å². The van der Waals surface area contributed by atoms with Gasteiger partial charge in [-0.05, 0) is 48.6 Å². The summed E-state index contributed by atoms with van der Waals surface area (Å²) in [6, 6.07) is 6.70. The Morgan fingerprint density at radius 2 is 2.36 bits per heavy atom. The summed E-state index contributed by atoms with van der Waals surface area (Å²) in [6.07, 6.45) is 2.38. The molecule has 1 aromatic carbocycles. The van der Waals surface area contributed by atoms with Gasteiger partial charge in [-0.2, -0.15) is 0 Å². The van der Waals surface area contributed by atoms with Crippen LogP contribution in [0.25, 0.3) is 0 Å². The van der Waals surface area contributed by atoms with Crippen molar-refractivity contribution >= 4 is 15.9 Å². The lowest BCUT2D eigenvalue weighted by atomic mass is 9.92. The van der Waals surface area contributed by atoms with Crippen LogP contribution in [0.3, 0.4) is 0 Å².